The summed E-state index contributed by atoms with van der Waals surface area (Å²) in [7, 11) is 1.49. The number of amides is 1. The van der Waals surface area contributed by atoms with Gasteiger partial charge in [-0.15, -0.1) is 0 Å². The smallest absolute Gasteiger partial charge is 0.375 e. The van der Waals surface area contributed by atoms with E-state index in [4.69, 9.17) is 13.9 Å². The van der Waals surface area contributed by atoms with Gasteiger partial charge in [0.25, 0.3) is 5.91 Å². The summed E-state index contributed by atoms with van der Waals surface area (Å²) in [4.78, 5) is 25.1. The van der Waals surface area contributed by atoms with Gasteiger partial charge in [-0.3, -0.25) is 4.79 Å². The van der Waals surface area contributed by atoms with Crippen LogP contribution in [0.25, 0.3) is 0 Å². The SMILES string of the molecule is COc1ccccc1C(OC(=O)c1ccco1)C(=O)NCc1ccccc1. The van der Waals surface area contributed by atoms with Crippen molar-refractivity contribution in [2.45, 2.75) is 12.6 Å². The summed E-state index contributed by atoms with van der Waals surface area (Å²) in [5.74, 6) is -0.718. The Morgan fingerprint density at radius 3 is 2.44 bits per heavy atom. The van der Waals surface area contributed by atoms with E-state index in [0.29, 0.717) is 17.9 Å². The fourth-order valence-electron chi connectivity index (χ4n) is 2.58. The summed E-state index contributed by atoms with van der Waals surface area (Å²) in [6.07, 6.45) is 0.187. The Morgan fingerprint density at radius 2 is 1.74 bits per heavy atom. The minimum atomic E-state index is -1.18. The van der Waals surface area contributed by atoms with E-state index in [-0.39, 0.29) is 5.76 Å². The zero-order valence-electron chi connectivity index (χ0n) is 14.8. The number of nitrogens with one attached hydrogen (secondary N) is 1. The summed E-state index contributed by atoms with van der Waals surface area (Å²) in [5.41, 5.74) is 1.38. The third kappa shape index (κ3) is 4.55. The lowest BCUT2D eigenvalue weighted by Gasteiger charge is -2.19. The molecule has 0 saturated heterocycles. The second-order valence-corrected chi connectivity index (χ2v) is 5.71. The number of para-hydroxylation sites is 1. The molecule has 27 heavy (non-hydrogen) atoms. The lowest BCUT2D eigenvalue weighted by Crippen LogP contribution is -2.32. The van der Waals surface area contributed by atoms with Crippen LogP contribution in [0.15, 0.2) is 77.4 Å². The molecule has 6 heteroatoms. The summed E-state index contributed by atoms with van der Waals surface area (Å²) < 4.78 is 15.8. The van der Waals surface area contributed by atoms with Gasteiger partial charge in [-0.2, -0.15) is 0 Å². The molecule has 0 spiro atoms. The Labute approximate surface area is 156 Å². The number of methoxy groups -OCH3 is 1. The lowest BCUT2D eigenvalue weighted by atomic mass is 10.1. The van der Waals surface area contributed by atoms with E-state index < -0.39 is 18.0 Å². The van der Waals surface area contributed by atoms with E-state index >= 15 is 0 Å². The van der Waals surface area contributed by atoms with Crippen molar-refractivity contribution in [2.24, 2.45) is 0 Å². The number of hydrogen-bond donors (Lipinski definition) is 1. The molecule has 1 unspecified atom stereocenters. The van der Waals surface area contributed by atoms with E-state index in [1.165, 1.54) is 19.4 Å². The van der Waals surface area contributed by atoms with Gasteiger partial charge in [-0.25, -0.2) is 4.79 Å². The summed E-state index contributed by atoms with van der Waals surface area (Å²) in [6, 6.07) is 19.4. The van der Waals surface area contributed by atoms with Crippen LogP contribution in [0.3, 0.4) is 0 Å². The van der Waals surface area contributed by atoms with Crippen LogP contribution in [0.4, 0.5) is 0 Å². The molecule has 0 radical (unpaired) electrons. The molecule has 138 valence electrons. The van der Waals surface area contributed by atoms with Crippen molar-refractivity contribution < 1.29 is 23.5 Å². The molecule has 3 aromatic rings. The Balaban J connectivity index is 1.82. The lowest BCUT2D eigenvalue weighted by molar-refractivity contribution is -0.130. The predicted molar refractivity (Wildman–Crippen MR) is 98.1 cm³/mol. The van der Waals surface area contributed by atoms with E-state index in [1.54, 1.807) is 30.3 Å². The van der Waals surface area contributed by atoms with E-state index in [0.717, 1.165) is 5.56 Å². The number of hydrogen-bond acceptors (Lipinski definition) is 5. The van der Waals surface area contributed by atoms with E-state index in [9.17, 15) is 9.59 Å². The number of carbonyl (C=O) groups excluding carboxylic acids is 2. The highest BCUT2D eigenvalue weighted by atomic mass is 16.6. The molecule has 0 aliphatic carbocycles. The monoisotopic (exact) mass is 365 g/mol. The van der Waals surface area contributed by atoms with Gasteiger partial charge < -0.3 is 19.2 Å². The maximum absolute atomic E-state index is 12.8. The van der Waals surface area contributed by atoms with Crippen LogP contribution in [0.1, 0.15) is 27.8 Å². The van der Waals surface area contributed by atoms with Gasteiger partial charge in [-0.1, -0.05) is 48.5 Å². The van der Waals surface area contributed by atoms with E-state index in [2.05, 4.69) is 5.32 Å². The first kappa shape index (κ1) is 18.3. The fourth-order valence-corrected chi connectivity index (χ4v) is 2.58. The number of ether oxygens (including phenoxy) is 2. The zero-order chi connectivity index (χ0) is 19.1. The minimum Gasteiger partial charge on any atom is -0.496 e. The Bertz CT molecular complexity index is 890. The van der Waals surface area contributed by atoms with Gasteiger partial charge in [0.15, 0.2) is 0 Å². The Hall–Kier alpha value is -3.54. The third-order valence-electron chi connectivity index (χ3n) is 3.92. The third-order valence-corrected chi connectivity index (χ3v) is 3.92. The molecule has 3 rings (SSSR count). The number of rotatable bonds is 7. The molecule has 0 fully saturated rings. The van der Waals surface area contributed by atoms with Gasteiger partial charge in [0, 0.05) is 12.1 Å². The highest BCUT2D eigenvalue weighted by Gasteiger charge is 2.29. The quantitative estimate of drug-likeness (QED) is 0.649. The van der Waals surface area contributed by atoms with Crippen molar-refractivity contribution in [3.05, 3.63) is 89.9 Å². The fraction of sp³-hybridized carbons (Fsp3) is 0.143. The predicted octanol–water partition coefficient (Wildman–Crippen LogP) is 3.50. The van der Waals surface area contributed by atoms with Crippen molar-refractivity contribution in [3.8, 4) is 5.75 Å². The highest BCUT2D eigenvalue weighted by molar-refractivity contribution is 5.91. The molecule has 2 aromatic carbocycles. The van der Waals surface area contributed by atoms with Crippen molar-refractivity contribution in [1.82, 2.24) is 5.32 Å². The molecular formula is C21H19NO5. The van der Waals surface area contributed by atoms with Crippen molar-refractivity contribution >= 4 is 11.9 Å². The van der Waals surface area contributed by atoms with Crippen LogP contribution in [0, 0.1) is 0 Å². The number of furan rings is 1. The van der Waals surface area contributed by atoms with Crippen molar-refractivity contribution in [3.63, 3.8) is 0 Å². The first-order valence-electron chi connectivity index (χ1n) is 8.38. The molecule has 1 heterocycles. The van der Waals surface area contributed by atoms with Crippen molar-refractivity contribution in [2.75, 3.05) is 7.11 Å². The Kier molecular flexibility index (Phi) is 5.89. The number of carbonyl (C=O) groups is 2. The maximum atomic E-state index is 12.8. The maximum Gasteiger partial charge on any atom is 0.375 e. The molecule has 0 aliphatic rings. The van der Waals surface area contributed by atoms with Crippen molar-refractivity contribution in [1.29, 1.82) is 0 Å². The average molecular weight is 365 g/mol. The van der Waals surface area contributed by atoms with Crippen LogP contribution in [-0.4, -0.2) is 19.0 Å². The minimum absolute atomic E-state index is 0.0192. The standard InChI is InChI=1S/C21H19NO5/c1-25-17-11-6-5-10-16(17)19(27-21(24)18-12-7-13-26-18)20(23)22-14-15-8-3-2-4-9-15/h2-13,19H,14H2,1H3,(H,22,23). The second-order valence-electron chi connectivity index (χ2n) is 5.71. The molecule has 0 aliphatic heterocycles. The first-order valence-corrected chi connectivity index (χ1v) is 8.38. The first-order chi connectivity index (χ1) is 13.2. The normalized spacial score (nSPS) is 11.4. The molecule has 1 N–H and O–H groups in total. The molecule has 1 amide bonds. The zero-order valence-corrected chi connectivity index (χ0v) is 14.8. The molecule has 6 nitrogen and oxygen atoms in total. The molecule has 0 bridgehead atoms. The summed E-state index contributed by atoms with van der Waals surface area (Å²) in [6.45, 7) is 0.309. The number of esters is 1. The average Bonchev–Trinajstić information content (AvgIpc) is 3.26. The second kappa shape index (κ2) is 8.71. The molecule has 0 saturated carbocycles. The van der Waals surface area contributed by atoms with Gasteiger partial charge in [0.1, 0.15) is 5.75 Å². The molecular weight excluding hydrogens is 346 g/mol. The molecule has 1 atom stereocenters. The van der Waals surface area contributed by atoms with Gasteiger partial charge in [0.2, 0.25) is 11.9 Å². The largest absolute Gasteiger partial charge is 0.496 e. The van der Waals surface area contributed by atoms with Crippen LogP contribution in [0.2, 0.25) is 0 Å². The van der Waals surface area contributed by atoms with Gasteiger partial charge >= 0.3 is 5.97 Å². The highest BCUT2D eigenvalue weighted by Crippen LogP contribution is 2.28. The molecule has 1 aromatic heterocycles. The Morgan fingerprint density at radius 1 is 1.00 bits per heavy atom. The van der Waals surface area contributed by atoms with Gasteiger partial charge in [-0.05, 0) is 23.8 Å². The summed E-state index contributed by atoms with van der Waals surface area (Å²) >= 11 is 0. The number of benzene rings is 2. The van der Waals surface area contributed by atoms with Crippen LogP contribution in [0.5, 0.6) is 5.75 Å². The van der Waals surface area contributed by atoms with Gasteiger partial charge in [0.05, 0.1) is 13.4 Å². The van der Waals surface area contributed by atoms with Crippen LogP contribution < -0.4 is 10.1 Å². The van der Waals surface area contributed by atoms with E-state index in [1.807, 2.05) is 30.3 Å². The summed E-state index contributed by atoms with van der Waals surface area (Å²) in [5, 5.41) is 2.80. The topological polar surface area (TPSA) is 77.8 Å². The van der Waals surface area contributed by atoms with Crippen LogP contribution >= 0.6 is 0 Å². The van der Waals surface area contributed by atoms with Crippen LogP contribution in [-0.2, 0) is 16.1 Å².